The van der Waals surface area contributed by atoms with Gasteiger partial charge >= 0.3 is 0 Å². The molecule has 0 heteroatoms. The van der Waals surface area contributed by atoms with E-state index in [1.807, 2.05) is 6.08 Å². The van der Waals surface area contributed by atoms with Crippen LogP contribution < -0.4 is 0 Å². The molecule has 0 spiro atoms. The van der Waals surface area contributed by atoms with E-state index in [-0.39, 0.29) is 0 Å². The van der Waals surface area contributed by atoms with E-state index in [0.29, 0.717) is 16.7 Å². The van der Waals surface area contributed by atoms with Gasteiger partial charge in [0.2, 0.25) is 0 Å². The third-order valence-electron chi connectivity index (χ3n) is 2.49. The Balaban J connectivity index is 4.56. The van der Waals surface area contributed by atoms with E-state index in [4.69, 9.17) is 0 Å². The lowest BCUT2D eigenvalue weighted by molar-refractivity contribution is 0.105. The first kappa shape index (κ1) is 11.7. The van der Waals surface area contributed by atoms with Crippen molar-refractivity contribution < 1.29 is 0 Å². The van der Waals surface area contributed by atoms with Gasteiger partial charge in [0.05, 0.1) is 0 Å². The maximum atomic E-state index is 3.83. The molecule has 72 valence electrons. The zero-order valence-electron chi connectivity index (χ0n) is 9.57. The summed E-state index contributed by atoms with van der Waals surface area (Å²) in [4.78, 5) is 0. The van der Waals surface area contributed by atoms with Crippen molar-refractivity contribution in [2.45, 2.75) is 48.0 Å². The van der Waals surface area contributed by atoms with E-state index in [2.05, 4.69) is 48.1 Å². The molecule has 0 bridgehead atoms. The van der Waals surface area contributed by atoms with Crippen LogP contribution in [0.15, 0.2) is 12.7 Å². The third-order valence-corrected chi connectivity index (χ3v) is 2.49. The van der Waals surface area contributed by atoms with Crippen molar-refractivity contribution in [2.75, 3.05) is 0 Å². The van der Waals surface area contributed by atoms with E-state index in [9.17, 15) is 0 Å². The second-order valence-electron chi connectivity index (χ2n) is 5.81. The highest BCUT2D eigenvalue weighted by molar-refractivity contribution is 4.88. The monoisotopic (exact) mass is 168 g/mol. The molecule has 0 amide bonds. The van der Waals surface area contributed by atoms with Crippen LogP contribution in [0.3, 0.4) is 0 Å². The lowest BCUT2D eigenvalue weighted by Gasteiger charge is -2.40. The Bertz CT molecular complexity index is 126. The van der Waals surface area contributed by atoms with Crippen LogP contribution in [0.1, 0.15) is 48.0 Å². The van der Waals surface area contributed by atoms with Gasteiger partial charge in [-0.05, 0) is 23.2 Å². The zero-order chi connectivity index (χ0) is 9.99. The third kappa shape index (κ3) is 3.42. The standard InChI is InChI=1S/C12H24/c1-8-9-10(11(2,3)4)12(5,6)7/h8,10H,1,9H2,2-7H3. The minimum atomic E-state index is 0.381. The van der Waals surface area contributed by atoms with Gasteiger partial charge in [-0.15, -0.1) is 6.58 Å². The van der Waals surface area contributed by atoms with E-state index >= 15 is 0 Å². The van der Waals surface area contributed by atoms with Crippen LogP contribution in [0.4, 0.5) is 0 Å². The first-order valence-electron chi connectivity index (χ1n) is 4.80. The van der Waals surface area contributed by atoms with Gasteiger partial charge in [0.1, 0.15) is 0 Å². The van der Waals surface area contributed by atoms with Gasteiger partial charge in [0, 0.05) is 0 Å². The average Bonchev–Trinajstić information content (AvgIpc) is 1.77. The van der Waals surface area contributed by atoms with Crippen molar-refractivity contribution >= 4 is 0 Å². The summed E-state index contributed by atoms with van der Waals surface area (Å²) in [5, 5.41) is 0. The van der Waals surface area contributed by atoms with Gasteiger partial charge in [0.25, 0.3) is 0 Å². The van der Waals surface area contributed by atoms with E-state index < -0.39 is 0 Å². The summed E-state index contributed by atoms with van der Waals surface area (Å²) >= 11 is 0. The zero-order valence-corrected chi connectivity index (χ0v) is 9.57. The minimum Gasteiger partial charge on any atom is -0.103 e. The molecule has 0 heterocycles. The molecule has 0 aliphatic carbocycles. The summed E-state index contributed by atoms with van der Waals surface area (Å²) in [6.07, 6.45) is 3.16. The molecule has 12 heavy (non-hydrogen) atoms. The van der Waals surface area contributed by atoms with Crippen LogP contribution in [0.25, 0.3) is 0 Å². The Morgan fingerprint density at radius 1 is 1.00 bits per heavy atom. The molecule has 0 nitrogen and oxygen atoms in total. The molecular weight excluding hydrogens is 144 g/mol. The Morgan fingerprint density at radius 3 is 1.42 bits per heavy atom. The number of rotatable bonds is 2. The maximum Gasteiger partial charge on any atom is -0.0282 e. The molecule has 0 aliphatic rings. The highest BCUT2D eigenvalue weighted by atomic mass is 14.4. The van der Waals surface area contributed by atoms with Crippen LogP contribution in [0.2, 0.25) is 0 Å². The predicted octanol–water partition coefficient (Wildman–Crippen LogP) is 4.27. The van der Waals surface area contributed by atoms with Crippen molar-refractivity contribution in [1.82, 2.24) is 0 Å². The van der Waals surface area contributed by atoms with Gasteiger partial charge in [0.15, 0.2) is 0 Å². The van der Waals surface area contributed by atoms with Crippen molar-refractivity contribution in [3.8, 4) is 0 Å². The Labute approximate surface area is 78.1 Å². The van der Waals surface area contributed by atoms with Gasteiger partial charge in [-0.2, -0.15) is 0 Å². The molecule has 0 rings (SSSR count). The van der Waals surface area contributed by atoms with Crippen molar-refractivity contribution in [1.29, 1.82) is 0 Å². The lowest BCUT2D eigenvalue weighted by atomic mass is 9.65. The molecule has 0 N–H and O–H groups in total. The Morgan fingerprint density at radius 2 is 1.33 bits per heavy atom. The molecule has 0 unspecified atom stereocenters. The van der Waals surface area contributed by atoms with Crippen LogP contribution in [-0.4, -0.2) is 0 Å². The maximum absolute atomic E-state index is 3.83. The molecule has 0 fully saturated rings. The fourth-order valence-electron chi connectivity index (χ4n) is 2.17. The predicted molar refractivity (Wildman–Crippen MR) is 57.2 cm³/mol. The van der Waals surface area contributed by atoms with Gasteiger partial charge in [-0.1, -0.05) is 47.6 Å². The molecular formula is C12H24. The largest absolute Gasteiger partial charge is 0.103 e. The first-order chi connectivity index (χ1) is 5.19. The van der Waals surface area contributed by atoms with Crippen LogP contribution in [-0.2, 0) is 0 Å². The summed E-state index contributed by atoms with van der Waals surface area (Å²) in [6, 6.07) is 0. The quantitative estimate of drug-likeness (QED) is 0.540. The fourth-order valence-corrected chi connectivity index (χ4v) is 2.17. The molecule has 0 aromatic rings. The van der Waals surface area contributed by atoms with Gasteiger partial charge in [-0.3, -0.25) is 0 Å². The van der Waals surface area contributed by atoms with Crippen LogP contribution >= 0.6 is 0 Å². The topological polar surface area (TPSA) is 0 Å². The molecule has 0 aromatic carbocycles. The second kappa shape index (κ2) is 3.64. The van der Waals surface area contributed by atoms with Crippen molar-refractivity contribution in [2.24, 2.45) is 16.7 Å². The van der Waals surface area contributed by atoms with Crippen LogP contribution in [0, 0.1) is 16.7 Å². The summed E-state index contributed by atoms with van der Waals surface area (Å²) in [7, 11) is 0. The molecule has 0 aliphatic heterocycles. The second-order valence-corrected chi connectivity index (χ2v) is 5.81. The Hall–Kier alpha value is -0.260. The van der Waals surface area contributed by atoms with E-state index in [0.717, 1.165) is 6.42 Å². The summed E-state index contributed by atoms with van der Waals surface area (Å²) in [6.45, 7) is 17.7. The van der Waals surface area contributed by atoms with Crippen molar-refractivity contribution in [3.63, 3.8) is 0 Å². The lowest BCUT2D eigenvalue weighted by Crippen LogP contribution is -2.32. The number of allylic oxidation sites excluding steroid dienone is 1. The number of hydrogen-bond donors (Lipinski definition) is 0. The Kier molecular flexibility index (Phi) is 3.56. The molecule has 0 atom stereocenters. The number of hydrogen-bond acceptors (Lipinski definition) is 0. The smallest absolute Gasteiger partial charge is 0.0282 e. The van der Waals surface area contributed by atoms with Gasteiger partial charge < -0.3 is 0 Å². The summed E-state index contributed by atoms with van der Waals surface area (Å²) in [5.41, 5.74) is 0.763. The van der Waals surface area contributed by atoms with Crippen LogP contribution in [0.5, 0.6) is 0 Å². The molecule has 0 saturated carbocycles. The fraction of sp³-hybridized carbons (Fsp3) is 0.833. The first-order valence-corrected chi connectivity index (χ1v) is 4.80. The summed E-state index contributed by atoms with van der Waals surface area (Å²) in [5.74, 6) is 0.711. The van der Waals surface area contributed by atoms with Gasteiger partial charge in [-0.25, -0.2) is 0 Å². The summed E-state index contributed by atoms with van der Waals surface area (Å²) < 4.78 is 0. The highest BCUT2D eigenvalue weighted by Gasteiger charge is 2.33. The molecule has 0 radical (unpaired) electrons. The molecule has 0 aromatic heterocycles. The average molecular weight is 168 g/mol. The normalized spacial score (nSPS) is 13.6. The SMILES string of the molecule is C=CCC(C(C)(C)C)C(C)(C)C. The molecule has 0 saturated heterocycles. The van der Waals surface area contributed by atoms with Crippen molar-refractivity contribution in [3.05, 3.63) is 12.7 Å². The highest BCUT2D eigenvalue weighted by Crippen LogP contribution is 2.41. The minimum absolute atomic E-state index is 0.381. The van der Waals surface area contributed by atoms with E-state index in [1.54, 1.807) is 0 Å². The van der Waals surface area contributed by atoms with E-state index in [1.165, 1.54) is 0 Å².